The second-order valence-electron chi connectivity index (χ2n) is 3.41. The highest BCUT2D eigenvalue weighted by molar-refractivity contribution is 4.83. The van der Waals surface area contributed by atoms with Crippen LogP contribution in [0.25, 0.3) is 0 Å². The van der Waals surface area contributed by atoms with E-state index in [1.54, 1.807) is 0 Å². The van der Waals surface area contributed by atoms with Crippen LogP contribution in [0.1, 0.15) is 39.5 Å². The van der Waals surface area contributed by atoms with Crippen molar-refractivity contribution in [3.05, 3.63) is 0 Å². The molecule has 1 unspecified atom stereocenters. The highest BCUT2D eigenvalue weighted by Gasteiger charge is 1.99. The summed E-state index contributed by atoms with van der Waals surface area (Å²) in [5.74, 6) is 3.44. The standard InChI is InChI=1S/C11H21N/c1-4-6-7-8-11(3)10-12-9-5-2/h1,11-12H,5-10H2,2-3H3. The van der Waals surface area contributed by atoms with Crippen molar-refractivity contribution in [1.82, 2.24) is 5.32 Å². The molecule has 12 heavy (non-hydrogen) atoms. The first-order valence-electron chi connectivity index (χ1n) is 4.95. The van der Waals surface area contributed by atoms with E-state index in [2.05, 4.69) is 25.1 Å². The molecule has 1 nitrogen and oxygen atoms in total. The first kappa shape index (κ1) is 11.5. The fraction of sp³-hybridized carbons (Fsp3) is 0.818. The summed E-state index contributed by atoms with van der Waals surface area (Å²) in [5.41, 5.74) is 0. The molecule has 1 atom stereocenters. The fourth-order valence-corrected chi connectivity index (χ4v) is 1.18. The smallest absolute Gasteiger partial charge is 0.00861 e. The van der Waals surface area contributed by atoms with Gasteiger partial charge in [-0.05, 0) is 38.3 Å². The van der Waals surface area contributed by atoms with Crippen LogP contribution in [-0.2, 0) is 0 Å². The zero-order valence-corrected chi connectivity index (χ0v) is 8.40. The molecular weight excluding hydrogens is 146 g/mol. The normalized spacial score (nSPS) is 12.4. The number of hydrogen-bond acceptors (Lipinski definition) is 1. The van der Waals surface area contributed by atoms with Gasteiger partial charge in [0.15, 0.2) is 0 Å². The predicted octanol–water partition coefficient (Wildman–Crippen LogP) is 2.43. The number of terminal acetylenes is 1. The number of nitrogens with one attached hydrogen (secondary N) is 1. The summed E-state index contributed by atoms with van der Waals surface area (Å²) in [5, 5.41) is 3.41. The van der Waals surface area contributed by atoms with Crippen LogP contribution in [0, 0.1) is 18.3 Å². The molecule has 0 heterocycles. The molecule has 0 aromatic carbocycles. The van der Waals surface area contributed by atoms with Crippen molar-refractivity contribution in [3.63, 3.8) is 0 Å². The highest BCUT2D eigenvalue weighted by Crippen LogP contribution is 2.05. The van der Waals surface area contributed by atoms with Crippen molar-refractivity contribution in [3.8, 4) is 12.3 Å². The zero-order valence-electron chi connectivity index (χ0n) is 8.40. The van der Waals surface area contributed by atoms with Crippen LogP contribution in [0.2, 0.25) is 0 Å². The monoisotopic (exact) mass is 167 g/mol. The lowest BCUT2D eigenvalue weighted by molar-refractivity contribution is 0.470. The van der Waals surface area contributed by atoms with E-state index in [0.717, 1.165) is 25.4 Å². The van der Waals surface area contributed by atoms with Crippen molar-refractivity contribution in [2.24, 2.45) is 5.92 Å². The summed E-state index contributed by atoms with van der Waals surface area (Å²) < 4.78 is 0. The molecule has 1 N–H and O–H groups in total. The molecule has 0 amide bonds. The van der Waals surface area contributed by atoms with E-state index in [1.165, 1.54) is 19.3 Å². The summed E-state index contributed by atoms with van der Waals surface area (Å²) in [7, 11) is 0. The maximum atomic E-state index is 5.17. The van der Waals surface area contributed by atoms with Gasteiger partial charge in [0.1, 0.15) is 0 Å². The second-order valence-corrected chi connectivity index (χ2v) is 3.41. The van der Waals surface area contributed by atoms with Gasteiger partial charge < -0.3 is 5.32 Å². The Kier molecular flexibility index (Phi) is 8.27. The molecule has 1 heteroatoms. The van der Waals surface area contributed by atoms with E-state index in [9.17, 15) is 0 Å². The van der Waals surface area contributed by atoms with Crippen LogP contribution in [0.4, 0.5) is 0 Å². The van der Waals surface area contributed by atoms with E-state index < -0.39 is 0 Å². The minimum absolute atomic E-state index is 0.768. The summed E-state index contributed by atoms with van der Waals surface area (Å²) in [6.45, 7) is 6.74. The number of unbranched alkanes of at least 4 members (excludes halogenated alkanes) is 1. The quantitative estimate of drug-likeness (QED) is 0.453. The fourth-order valence-electron chi connectivity index (χ4n) is 1.18. The molecule has 0 bridgehead atoms. The van der Waals surface area contributed by atoms with Crippen LogP contribution in [-0.4, -0.2) is 13.1 Å². The molecule has 0 fully saturated rings. The Morgan fingerprint density at radius 3 is 2.83 bits per heavy atom. The Balaban J connectivity index is 3.11. The summed E-state index contributed by atoms with van der Waals surface area (Å²) in [6, 6.07) is 0. The molecule has 0 aliphatic carbocycles. The molecule has 0 aliphatic heterocycles. The summed E-state index contributed by atoms with van der Waals surface area (Å²) >= 11 is 0. The molecule has 0 aromatic heterocycles. The number of hydrogen-bond donors (Lipinski definition) is 1. The van der Waals surface area contributed by atoms with Gasteiger partial charge in [0.2, 0.25) is 0 Å². The van der Waals surface area contributed by atoms with Crippen LogP contribution in [0.3, 0.4) is 0 Å². The largest absolute Gasteiger partial charge is 0.316 e. The van der Waals surface area contributed by atoms with Gasteiger partial charge in [-0.25, -0.2) is 0 Å². The molecule has 0 saturated heterocycles. The third-order valence-corrected chi connectivity index (χ3v) is 1.94. The van der Waals surface area contributed by atoms with Crippen molar-refractivity contribution in [1.29, 1.82) is 0 Å². The Morgan fingerprint density at radius 1 is 1.50 bits per heavy atom. The van der Waals surface area contributed by atoms with Gasteiger partial charge in [0, 0.05) is 6.42 Å². The Bertz CT molecular complexity index is 123. The Labute approximate surface area is 76.9 Å². The second kappa shape index (κ2) is 8.62. The third kappa shape index (κ3) is 7.63. The SMILES string of the molecule is C#CCCCC(C)CNCCC. The van der Waals surface area contributed by atoms with Crippen molar-refractivity contribution in [2.45, 2.75) is 39.5 Å². The molecule has 0 saturated carbocycles. The van der Waals surface area contributed by atoms with Crippen molar-refractivity contribution < 1.29 is 0 Å². The minimum Gasteiger partial charge on any atom is -0.316 e. The average molecular weight is 167 g/mol. The van der Waals surface area contributed by atoms with Crippen LogP contribution < -0.4 is 5.32 Å². The van der Waals surface area contributed by atoms with Gasteiger partial charge in [-0.3, -0.25) is 0 Å². The minimum atomic E-state index is 0.768. The van der Waals surface area contributed by atoms with Crippen LogP contribution in [0.15, 0.2) is 0 Å². The molecule has 70 valence electrons. The maximum Gasteiger partial charge on any atom is 0.00861 e. The molecule has 0 radical (unpaired) electrons. The van der Waals surface area contributed by atoms with E-state index >= 15 is 0 Å². The molecule has 0 aliphatic rings. The van der Waals surface area contributed by atoms with Gasteiger partial charge in [0.05, 0.1) is 0 Å². The average Bonchev–Trinajstić information content (AvgIpc) is 2.06. The summed E-state index contributed by atoms with van der Waals surface area (Å²) in [4.78, 5) is 0. The third-order valence-electron chi connectivity index (χ3n) is 1.94. The van der Waals surface area contributed by atoms with Gasteiger partial charge in [-0.2, -0.15) is 0 Å². The Morgan fingerprint density at radius 2 is 2.25 bits per heavy atom. The topological polar surface area (TPSA) is 12.0 Å². The lowest BCUT2D eigenvalue weighted by Crippen LogP contribution is -2.21. The van der Waals surface area contributed by atoms with E-state index in [4.69, 9.17) is 6.42 Å². The van der Waals surface area contributed by atoms with E-state index in [0.29, 0.717) is 0 Å². The van der Waals surface area contributed by atoms with E-state index in [-0.39, 0.29) is 0 Å². The van der Waals surface area contributed by atoms with E-state index in [1.807, 2.05) is 0 Å². The first-order valence-corrected chi connectivity index (χ1v) is 4.95. The van der Waals surface area contributed by atoms with Crippen LogP contribution in [0.5, 0.6) is 0 Å². The van der Waals surface area contributed by atoms with Crippen molar-refractivity contribution in [2.75, 3.05) is 13.1 Å². The molecule has 0 aromatic rings. The van der Waals surface area contributed by atoms with Crippen LogP contribution >= 0.6 is 0 Å². The first-order chi connectivity index (χ1) is 5.81. The molecular formula is C11H21N. The number of rotatable bonds is 7. The van der Waals surface area contributed by atoms with Crippen molar-refractivity contribution >= 4 is 0 Å². The Hall–Kier alpha value is -0.480. The highest BCUT2D eigenvalue weighted by atomic mass is 14.8. The lowest BCUT2D eigenvalue weighted by atomic mass is 10.0. The lowest BCUT2D eigenvalue weighted by Gasteiger charge is -2.10. The maximum absolute atomic E-state index is 5.17. The summed E-state index contributed by atoms with van der Waals surface area (Å²) in [6.07, 6.45) is 9.74. The van der Waals surface area contributed by atoms with Gasteiger partial charge in [-0.1, -0.05) is 13.8 Å². The van der Waals surface area contributed by atoms with Gasteiger partial charge in [-0.15, -0.1) is 12.3 Å². The predicted molar refractivity (Wildman–Crippen MR) is 55.0 cm³/mol. The molecule has 0 spiro atoms. The van der Waals surface area contributed by atoms with Gasteiger partial charge >= 0.3 is 0 Å². The van der Waals surface area contributed by atoms with Gasteiger partial charge in [0.25, 0.3) is 0 Å². The molecule has 0 rings (SSSR count). The zero-order chi connectivity index (χ0) is 9.23.